The normalized spacial score (nSPS) is 17.3. The molecule has 0 amide bonds. The first kappa shape index (κ1) is 38.1. The van der Waals surface area contributed by atoms with Crippen LogP contribution in [0.15, 0.2) is 37.4 Å². The average molecular weight is 657 g/mol. The van der Waals surface area contributed by atoms with Crippen LogP contribution < -0.4 is 9.80 Å². The van der Waals surface area contributed by atoms with Crippen LogP contribution in [0.2, 0.25) is 0 Å². The predicted octanol–water partition coefficient (Wildman–Crippen LogP) is 4.12. The molecular formula is C29H44N12O6. The molecule has 4 aromatic heterocycles. The van der Waals surface area contributed by atoms with Crippen molar-refractivity contribution >= 4 is 23.3 Å². The van der Waals surface area contributed by atoms with Crippen LogP contribution in [0.5, 0.6) is 0 Å². The van der Waals surface area contributed by atoms with Gasteiger partial charge in [0, 0.05) is 37.9 Å². The zero-order chi connectivity index (χ0) is 31.4. The fraction of sp³-hybridized carbons (Fsp3) is 0.517. The molecule has 0 aliphatic carbocycles. The highest BCUT2D eigenvalue weighted by molar-refractivity contribution is 5.55. The maximum atomic E-state index is 11.3. The lowest BCUT2D eigenvalue weighted by molar-refractivity contribution is -0.385. The molecule has 2 aliphatic rings. The summed E-state index contributed by atoms with van der Waals surface area (Å²) in [5, 5.41) is 22.7. The fourth-order valence-corrected chi connectivity index (χ4v) is 4.94. The Labute approximate surface area is 273 Å². The van der Waals surface area contributed by atoms with E-state index in [1.54, 1.807) is 38.6 Å². The summed E-state index contributed by atoms with van der Waals surface area (Å²) in [5.74, 6) is 1.40. The summed E-state index contributed by atoms with van der Waals surface area (Å²) in [7, 11) is 0. The maximum Gasteiger partial charge on any atom is 0.333 e. The third-order valence-electron chi connectivity index (χ3n) is 7.17. The van der Waals surface area contributed by atoms with E-state index in [2.05, 4.69) is 29.9 Å². The number of ether oxygens (including phenoxy) is 2. The van der Waals surface area contributed by atoms with E-state index in [4.69, 9.17) is 9.47 Å². The van der Waals surface area contributed by atoms with Gasteiger partial charge in [-0.05, 0) is 27.7 Å². The van der Waals surface area contributed by atoms with Gasteiger partial charge in [-0.1, -0.05) is 22.3 Å². The first-order valence-corrected chi connectivity index (χ1v) is 13.9. The smallest absolute Gasteiger partial charge is 0.333 e. The quantitative estimate of drug-likeness (QED) is 0.212. The van der Waals surface area contributed by atoms with Gasteiger partial charge in [0.05, 0.1) is 48.4 Å². The van der Waals surface area contributed by atoms with Crippen LogP contribution in [0.4, 0.5) is 23.3 Å². The van der Waals surface area contributed by atoms with Crippen molar-refractivity contribution in [2.24, 2.45) is 0 Å². The van der Waals surface area contributed by atoms with Crippen LogP contribution in [-0.2, 0) is 9.47 Å². The highest BCUT2D eigenvalue weighted by atomic mass is 16.6. The molecule has 18 heteroatoms. The molecule has 0 radical (unpaired) electrons. The van der Waals surface area contributed by atoms with Crippen LogP contribution in [0, 0.1) is 34.1 Å². The summed E-state index contributed by atoms with van der Waals surface area (Å²) < 4.78 is 13.9. The molecule has 0 N–H and O–H groups in total. The Kier molecular flexibility index (Phi) is 13.3. The van der Waals surface area contributed by atoms with E-state index in [0.717, 1.165) is 0 Å². The highest BCUT2D eigenvalue weighted by Crippen LogP contribution is 2.29. The van der Waals surface area contributed by atoms with Crippen molar-refractivity contribution in [2.45, 2.75) is 62.1 Å². The molecule has 0 saturated carbocycles. The van der Waals surface area contributed by atoms with Crippen LogP contribution in [0.25, 0.3) is 11.6 Å². The number of anilines is 2. The minimum atomic E-state index is -0.461. The second-order valence-corrected chi connectivity index (χ2v) is 10.3. The first-order valence-electron chi connectivity index (χ1n) is 13.9. The summed E-state index contributed by atoms with van der Waals surface area (Å²) in [6.45, 7) is 10.9. The minimum absolute atomic E-state index is 0. The zero-order valence-corrected chi connectivity index (χ0v) is 24.7. The van der Waals surface area contributed by atoms with E-state index in [-0.39, 0.29) is 57.4 Å². The lowest BCUT2D eigenvalue weighted by atomic mass is 10.2. The molecule has 0 bridgehead atoms. The number of hydrogen-bond acceptors (Lipinski definition) is 14. The largest absolute Gasteiger partial charge is 0.377 e. The van der Waals surface area contributed by atoms with Gasteiger partial charge in [0.2, 0.25) is 23.5 Å². The van der Waals surface area contributed by atoms with Crippen LogP contribution in [0.1, 0.15) is 47.5 Å². The number of nitro groups is 2. The Morgan fingerprint density at radius 1 is 0.702 bits per heavy atom. The zero-order valence-electron chi connectivity index (χ0n) is 24.7. The minimum Gasteiger partial charge on any atom is -0.377 e. The fourth-order valence-electron chi connectivity index (χ4n) is 4.94. The standard InChI is InChI=1S/2C13H16N6O3.3CH4/c2*1-9-7-22-6-5-18(9)13-15-10(2)11(19(20)21)12(16-13)17-4-3-14-8-17;;;/h2*3-4,8-9H,5-7H2,1-2H3;3*1H4. The van der Waals surface area contributed by atoms with E-state index < -0.39 is 9.85 Å². The number of nitrogens with zero attached hydrogens (tertiary/aromatic N) is 12. The number of morpholine rings is 2. The van der Waals surface area contributed by atoms with Gasteiger partial charge in [-0.2, -0.15) is 9.97 Å². The number of rotatable bonds is 6. The van der Waals surface area contributed by atoms with E-state index in [1.165, 1.54) is 21.8 Å². The van der Waals surface area contributed by atoms with E-state index in [1.807, 2.05) is 23.6 Å². The topological polar surface area (TPSA) is 198 Å². The highest BCUT2D eigenvalue weighted by Gasteiger charge is 2.29. The van der Waals surface area contributed by atoms with Crippen molar-refractivity contribution in [1.29, 1.82) is 0 Å². The first-order chi connectivity index (χ1) is 21.2. The lowest BCUT2D eigenvalue weighted by Gasteiger charge is -2.33. The van der Waals surface area contributed by atoms with Gasteiger partial charge in [-0.15, -0.1) is 0 Å². The molecule has 18 nitrogen and oxygen atoms in total. The Balaban J connectivity index is 0.000000307. The third kappa shape index (κ3) is 8.20. The van der Waals surface area contributed by atoms with Crippen molar-refractivity contribution < 1.29 is 19.3 Å². The number of aromatic nitrogens is 8. The summed E-state index contributed by atoms with van der Waals surface area (Å²) in [6, 6.07) is 0.232. The molecule has 2 fully saturated rings. The molecule has 2 aliphatic heterocycles. The van der Waals surface area contributed by atoms with Crippen molar-refractivity contribution in [1.82, 2.24) is 39.0 Å². The SMILES string of the molecule is C.C.C.Cc1nc(N2CCOCC2C)nc(-n2ccnc2)c1[N+](=O)[O-].Cc1nc(N2CCOCC2C)nc(-n2ccnc2)c1[N+](=O)[O-]. The second-order valence-electron chi connectivity index (χ2n) is 10.3. The number of aryl methyl sites for hydroxylation is 2. The van der Waals surface area contributed by atoms with Crippen LogP contribution in [0.3, 0.4) is 0 Å². The molecule has 6 rings (SSSR count). The molecular weight excluding hydrogens is 612 g/mol. The summed E-state index contributed by atoms with van der Waals surface area (Å²) in [5.41, 5.74) is 0.445. The van der Waals surface area contributed by atoms with E-state index in [0.29, 0.717) is 62.8 Å². The van der Waals surface area contributed by atoms with Gasteiger partial charge in [0.15, 0.2) is 0 Å². The van der Waals surface area contributed by atoms with Gasteiger partial charge >= 0.3 is 11.4 Å². The van der Waals surface area contributed by atoms with Crippen LogP contribution >= 0.6 is 0 Å². The van der Waals surface area contributed by atoms with Gasteiger partial charge in [0.25, 0.3) is 0 Å². The Morgan fingerprint density at radius 3 is 1.38 bits per heavy atom. The predicted molar refractivity (Wildman–Crippen MR) is 177 cm³/mol. The lowest BCUT2D eigenvalue weighted by Crippen LogP contribution is -2.44. The molecule has 6 heterocycles. The molecule has 0 spiro atoms. The summed E-state index contributed by atoms with van der Waals surface area (Å²) >= 11 is 0. The molecule has 4 aromatic rings. The molecule has 2 saturated heterocycles. The van der Waals surface area contributed by atoms with Crippen molar-refractivity contribution in [2.75, 3.05) is 49.3 Å². The van der Waals surface area contributed by atoms with E-state index >= 15 is 0 Å². The van der Waals surface area contributed by atoms with Crippen molar-refractivity contribution in [3.05, 3.63) is 69.1 Å². The third-order valence-corrected chi connectivity index (χ3v) is 7.17. The van der Waals surface area contributed by atoms with Crippen molar-refractivity contribution in [3.63, 3.8) is 0 Å². The molecule has 2 atom stereocenters. The van der Waals surface area contributed by atoms with Crippen molar-refractivity contribution in [3.8, 4) is 11.6 Å². The Morgan fingerprint density at radius 2 is 1.09 bits per heavy atom. The Hall–Kier alpha value is -5.10. The van der Waals surface area contributed by atoms with Gasteiger partial charge in [-0.25, -0.2) is 19.9 Å². The average Bonchev–Trinajstić information content (AvgIpc) is 3.72. The van der Waals surface area contributed by atoms with Gasteiger partial charge < -0.3 is 19.3 Å². The van der Waals surface area contributed by atoms with E-state index in [9.17, 15) is 20.2 Å². The van der Waals surface area contributed by atoms with Gasteiger partial charge in [0.1, 0.15) is 24.0 Å². The Bertz CT molecular complexity index is 1500. The van der Waals surface area contributed by atoms with Gasteiger partial charge in [-0.3, -0.25) is 29.4 Å². The summed E-state index contributed by atoms with van der Waals surface area (Å²) in [6.07, 6.45) is 9.33. The molecule has 47 heavy (non-hydrogen) atoms. The monoisotopic (exact) mass is 656 g/mol. The maximum absolute atomic E-state index is 11.3. The molecule has 2 unspecified atom stereocenters. The molecule has 0 aromatic carbocycles. The number of imidazole rings is 2. The second kappa shape index (κ2) is 16.5. The van der Waals surface area contributed by atoms with Crippen LogP contribution in [-0.4, -0.2) is 100 Å². The molecule has 256 valence electrons. The summed E-state index contributed by atoms with van der Waals surface area (Å²) in [4.78, 5) is 51.1. The number of hydrogen-bond donors (Lipinski definition) is 0.